The van der Waals surface area contributed by atoms with Gasteiger partial charge in [0.2, 0.25) is 0 Å². The van der Waals surface area contributed by atoms with Crippen LogP contribution in [0.25, 0.3) is 16.8 Å². The normalized spacial score (nSPS) is 11.7. The number of fused-ring (bicyclic) bond motifs is 1. The van der Waals surface area contributed by atoms with Crippen LogP contribution in [0.15, 0.2) is 114 Å². The van der Waals surface area contributed by atoms with Crippen molar-refractivity contribution in [3.05, 3.63) is 109 Å². The van der Waals surface area contributed by atoms with Gasteiger partial charge in [0.1, 0.15) is 22.0 Å². The van der Waals surface area contributed by atoms with E-state index in [1.165, 1.54) is 19.3 Å². The van der Waals surface area contributed by atoms with Gasteiger partial charge in [-0.25, -0.2) is 4.98 Å². The third-order valence-electron chi connectivity index (χ3n) is 5.33. The Hall–Kier alpha value is -4.50. The Bertz CT molecular complexity index is 1600. The topological polar surface area (TPSA) is 89.2 Å². The first-order chi connectivity index (χ1) is 17.0. The minimum absolute atomic E-state index is 0.0144. The van der Waals surface area contributed by atoms with E-state index >= 15 is 0 Å². The molecule has 2 aromatic carbocycles. The minimum Gasteiger partial charge on any atom is -0.456 e. The van der Waals surface area contributed by atoms with Gasteiger partial charge in [0.15, 0.2) is 0 Å². The lowest BCUT2D eigenvalue weighted by atomic mass is 10.1. The molecule has 0 saturated carbocycles. The highest BCUT2D eigenvalue weighted by Gasteiger charge is 2.24. The van der Waals surface area contributed by atoms with Gasteiger partial charge in [0.05, 0.1) is 18.1 Å². The van der Waals surface area contributed by atoms with Crippen LogP contribution in [0.4, 0.5) is 0 Å². The van der Waals surface area contributed by atoms with E-state index in [4.69, 9.17) is 4.74 Å². The lowest BCUT2D eigenvalue weighted by molar-refractivity contribution is 0.454. The highest BCUT2D eigenvalue weighted by Crippen LogP contribution is 2.30. The van der Waals surface area contributed by atoms with Crippen LogP contribution in [0.3, 0.4) is 0 Å². The summed E-state index contributed by atoms with van der Waals surface area (Å²) in [5.74, 6) is 0.758. The van der Waals surface area contributed by atoms with E-state index in [0.29, 0.717) is 17.1 Å². The van der Waals surface area contributed by atoms with Gasteiger partial charge in [-0.15, -0.1) is 0 Å². The number of hydrogen-bond donors (Lipinski definition) is 0. The number of benzene rings is 2. The van der Waals surface area contributed by atoms with Crippen molar-refractivity contribution in [3.63, 3.8) is 0 Å². The van der Waals surface area contributed by atoms with Gasteiger partial charge >= 0.3 is 0 Å². The number of ether oxygens (including phenoxy) is 1. The van der Waals surface area contributed by atoms with Crippen molar-refractivity contribution in [2.75, 3.05) is 7.05 Å². The van der Waals surface area contributed by atoms with Crippen LogP contribution in [-0.2, 0) is 10.0 Å². The van der Waals surface area contributed by atoms with Crippen LogP contribution < -0.4 is 4.74 Å². The average Bonchev–Trinajstić information content (AvgIpc) is 3.31. The lowest BCUT2D eigenvalue weighted by Gasteiger charge is -2.16. The van der Waals surface area contributed by atoms with Crippen LogP contribution >= 0.6 is 0 Å². The van der Waals surface area contributed by atoms with Crippen LogP contribution in [-0.4, -0.2) is 40.5 Å². The maximum absolute atomic E-state index is 13.3. The fourth-order valence-electron chi connectivity index (χ4n) is 3.51. The third kappa shape index (κ3) is 4.62. The molecule has 0 atom stereocenters. The molecule has 0 unspecified atom stereocenters. The Kier molecular flexibility index (Phi) is 5.99. The zero-order chi connectivity index (χ0) is 24.3. The van der Waals surface area contributed by atoms with E-state index in [0.717, 1.165) is 15.5 Å². The van der Waals surface area contributed by atoms with Crippen LogP contribution in [0, 0.1) is 0 Å². The Labute approximate surface area is 202 Å². The molecule has 8 nitrogen and oxygen atoms in total. The molecule has 0 fully saturated rings. The molecule has 0 saturated heterocycles. The standard InChI is InChI=1S/C26H21N5O3S/c1-30(35(32,33)25-12-6-5-11-24(25)34-23-9-3-2-4-10-23)29-18-22-17-28-26-14-13-21(19-31(22)26)20-8-7-15-27-16-20/h2-19H,1H3. The molecule has 3 aromatic heterocycles. The maximum atomic E-state index is 13.3. The van der Waals surface area contributed by atoms with E-state index < -0.39 is 10.0 Å². The molecule has 0 spiro atoms. The van der Waals surface area contributed by atoms with Gasteiger partial charge in [0, 0.05) is 36.8 Å². The number of rotatable bonds is 7. The number of sulfonamides is 1. The second-order valence-electron chi connectivity index (χ2n) is 7.62. The molecule has 0 aliphatic heterocycles. The molecule has 0 bridgehead atoms. The lowest BCUT2D eigenvalue weighted by Crippen LogP contribution is -2.22. The van der Waals surface area contributed by atoms with Gasteiger partial charge in [0.25, 0.3) is 10.0 Å². The van der Waals surface area contributed by atoms with E-state index in [9.17, 15) is 8.42 Å². The summed E-state index contributed by atoms with van der Waals surface area (Å²) in [5.41, 5.74) is 3.25. The fraction of sp³-hybridized carbons (Fsp3) is 0.0385. The monoisotopic (exact) mass is 483 g/mol. The van der Waals surface area contributed by atoms with Crippen molar-refractivity contribution in [2.24, 2.45) is 5.10 Å². The second kappa shape index (κ2) is 9.40. The Morgan fingerprint density at radius 1 is 0.914 bits per heavy atom. The van der Waals surface area contributed by atoms with E-state index in [1.807, 2.05) is 53.1 Å². The van der Waals surface area contributed by atoms with Crippen LogP contribution in [0.5, 0.6) is 11.5 Å². The Morgan fingerprint density at radius 3 is 2.51 bits per heavy atom. The predicted octanol–water partition coefficient (Wildman–Crippen LogP) is 4.84. The number of aromatic nitrogens is 3. The Balaban J connectivity index is 1.43. The first kappa shape index (κ1) is 22.3. The largest absolute Gasteiger partial charge is 0.456 e. The van der Waals surface area contributed by atoms with E-state index in [2.05, 4.69) is 15.1 Å². The summed E-state index contributed by atoms with van der Waals surface area (Å²) < 4.78 is 35.2. The summed E-state index contributed by atoms with van der Waals surface area (Å²) in [6.07, 6.45) is 8.51. The fourth-order valence-corrected chi connectivity index (χ4v) is 4.58. The number of hydrogen-bond acceptors (Lipinski definition) is 6. The summed E-state index contributed by atoms with van der Waals surface area (Å²) in [6, 6.07) is 23.2. The number of pyridine rings is 2. The van der Waals surface area contributed by atoms with Crippen molar-refractivity contribution in [2.45, 2.75) is 4.90 Å². The third-order valence-corrected chi connectivity index (χ3v) is 7.01. The number of para-hydroxylation sites is 2. The van der Waals surface area contributed by atoms with Crippen LogP contribution in [0.2, 0.25) is 0 Å². The molecule has 3 heterocycles. The molecule has 174 valence electrons. The van der Waals surface area contributed by atoms with E-state index in [1.54, 1.807) is 48.9 Å². The molecule has 35 heavy (non-hydrogen) atoms. The maximum Gasteiger partial charge on any atom is 0.282 e. The molecular formula is C26H21N5O3S. The number of hydrazone groups is 1. The number of imidazole rings is 1. The zero-order valence-corrected chi connectivity index (χ0v) is 19.6. The molecule has 9 heteroatoms. The van der Waals surface area contributed by atoms with Gasteiger partial charge in [-0.05, 0) is 42.5 Å². The summed E-state index contributed by atoms with van der Waals surface area (Å²) in [6.45, 7) is 0. The molecule has 0 aliphatic rings. The van der Waals surface area contributed by atoms with Crippen molar-refractivity contribution in [3.8, 4) is 22.6 Å². The molecule has 0 radical (unpaired) electrons. The minimum atomic E-state index is -3.97. The van der Waals surface area contributed by atoms with E-state index in [-0.39, 0.29) is 10.6 Å². The first-order valence-electron chi connectivity index (χ1n) is 10.7. The smallest absolute Gasteiger partial charge is 0.282 e. The average molecular weight is 484 g/mol. The van der Waals surface area contributed by atoms with Crippen molar-refractivity contribution in [1.29, 1.82) is 0 Å². The number of nitrogens with zero attached hydrogens (tertiary/aromatic N) is 5. The van der Waals surface area contributed by atoms with Crippen molar-refractivity contribution in [1.82, 2.24) is 18.8 Å². The zero-order valence-electron chi connectivity index (χ0n) is 18.8. The van der Waals surface area contributed by atoms with Gasteiger partial charge in [-0.1, -0.05) is 36.4 Å². The second-order valence-corrected chi connectivity index (χ2v) is 9.53. The van der Waals surface area contributed by atoms with Crippen molar-refractivity contribution >= 4 is 21.9 Å². The highest BCUT2D eigenvalue weighted by atomic mass is 32.2. The quantitative estimate of drug-likeness (QED) is 0.244. The summed E-state index contributed by atoms with van der Waals surface area (Å²) >= 11 is 0. The van der Waals surface area contributed by atoms with Gasteiger partial charge < -0.3 is 4.74 Å². The SMILES string of the molecule is CN(N=Cc1cnc2ccc(-c3cccnc3)cn12)S(=O)(=O)c1ccccc1Oc1ccccc1. The summed E-state index contributed by atoms with van der Waals surface area (Å²) in [5, 5.41) is 4.21. The van der Waals surface area contributed by atoms with Gasteiger partial charge in [-0.2, -0.15) is 17.9 Å². The van der Waals surface area contributed by atoms with Crippen molar-refractivity contribution < 1.29 is 13.2 Å². The molecule has 0 amide bonds. The Morgan fingerprint density at radius 2 is 1.71 bits per heavy atom. The first-order valence-corrected chi connectivity index (χ1v) is 12.2. The van der Waals surface area contributed by atoms with Gasteiger partial charge in [-0.3, -0.25) is 9.38 Å². The highest BCUT2D eigenvalue weighted by molar-refractivity contribution is 7.89. The summed E-state index contributed by atoms with van der Waals surface area (Å²) in [7, 11) is -2.59. The van der Waals surface area contributed by atoms with Crippen LogP contribution in [0.1, 0.15) is 5.69 Å². The molecule has 5 aromatic rings. The molecule has 5 rings (SSSR count). The molecular weight excluding hydrogens is 462 g/mol. The molecule has 0 aliphatic carbocycles. The molecule has 0 N–H and O–H groups in total. The predicted molar refractivity (Wildman–Crippen MR) is 134 cm³/mol. The summed E-state index contributed by atoms with van der Waals surface area (Å²) in [4.78, 5) is 8.56.